The lowest BCUT2D eigenvalue weighted by Gasteiger charge is -2.12. The molecule has 0 bridgehead atoms. The van der Waals surface area contributed by atoms with Gasteiger partial charge in [-0.25, -0.2) is 4.98 Å². The predicted molar refractivity (Wildman–Crippen MR) is 111 cm³/mol. The van der Waals surface area contributed by atoms with E-state index in [4.69, 9.17) is 0 Å². The molecule has 0 aliphatic carbocycles. The maximum atomic E-state index is 10.8. The number of aryl methyl sites for hydroxylation is 1. The summed E-state index contributed by atoms with van der Waals surface area (Å²) in [7, 11) is 0. The fourth-order valence-corrected chi connectivity index (χ4v) is 3.88. The van der Waals surface area contributed by atoms with Crippen LogP contribution in [-0.2, 0) is 19.5 Å². The Morgan fingerprint density at radius 3 is 2.75 bits per heavy atom. The van der Waals surface area contributed by atoms with Gasteiger partial charge in [-0.15, -0.1) is 0 Å². The van der Waals surface area contributed by atoms with Crippen molar-refractivity contribution in [3.8, 4) is 22.8 Å². The Balaban J connectivity index is 1.73. The molecular formula is C22H26N4O2. The zero-order valence-corrected chi connectivity index (χ0v) is 16.1. The number of benzene rings is 1. The lowest BCUT2D eigenvalue weighted by atomic mass is 10.0. The molecule has 0 amide bonds. The smallest absolute Gasteiger partial charge is 0.235 e. The molecule has 0 unspecified atom stereocenters. The molecule has 0 saturated heterocycles. The van der Waals surface area contributed by atoms with Crippen molar-refractivity contribution in [1.82, 2.24) is 19.1 Å². The van der Waals surface area contributed by atoms with Gasteiger partial charge in [-0.05, 0) is 25.3 Å². The van der Waals surface area contributed by atoms with Crippen molar-refractivity contribution < 1.29 is 10.2 Å². The van der Waals surface area contributed by atoms with Gasteiger partial charge in [-0.2, -0.15) is 0 Å². The minimum atomic E-state index is -0.0444. The van der Waals surface area contributed by atoms with Crippen molar-refractivity contribution in [3.63, 3.8) is 0 Å². The van der Waals surface area contributed by atoms with Gasteiger partial charge in [0, 0.05) is 53.8 Å². The number of unbranched alkanes of at least 4 members (excludes halogenated alkanes) is 1. The van der Waals surface area contributed by atoms with E-state index in [0.29, 0.717) is 6.54 Å². The Bertz CT molecular complexity index is 1060. The molecule has 0 radical (unpaired) electrons. The molecule has 0 fully saturated rings. The molecule has 0 saturated carbocycles. The first-order valence-corrected chi connectivity index (χ1v) is 9.86. The Labute approximate surface area is 164 Å². The van der Waals surface area contributed by atoms with E-state index >= 15 is 0 Å². The first-order chi connectivity index (χ1) is 13.7. The largest absolute Gasteiger partial charge is 0.503 e. The van der Waals surface area contributed by atoms with E-state index in [1.165, 1.54) is 0 Å². The monoisotopic (exact) mass is 378 g/mol. The molecule has 0 aliphatic rings. The number of hydrogen-bond donors (Lipinski definition) is 3. The van der Waals surface area contributed by atoms with E-state index in [0.717, 1.165) is 60.0 Å². The maximum Gasteiger partial charge on any atom is 0.235 e. The zero-order chi connectivity index (χ0) is 19.5. The molecule has 3 aromatic heterocycles. The normalized spacial score (nSPS) is 11.5. The third kappa shape index (κ3) is 3.26. The first kappa shape index (κ1) is 18.2. The summed E-state index contributed by atoms with van der Waals surface area (Å²) in [6.07, 6.45) is 11.1. The van der Waals surface area contributed by atoms with Gasteiger partial charge < -0.3 is 24.3 Å². The van der Waals surface area contributed by atoms with E-state index < -0.39 is 0 Å². The van der Waals surface area contributed by atoms with Crippen LogP contribution in [0.5, 0.6) is 11.6 Å². The van der Waals surface area contributed by atoms with Crippen LogP contribution in [0.1, 0.15) is 31.9 Å². The second-order valence-corrected chi connectivity index (χ2v) is 7.15. The molecule has 0 aliphatic heterocycles. The maximum absolute atomic E-state index is 10.8. The number of aromatic hydroxyl groups is 2. The Morgan fingerprint density at radius 2 is 1.96 bits per heavy atom. The third-order valence-corrected chi connectivity index (χ3v) is 5.30. The van der Waals surface area contributed by atoms with Gasteiger partial charge in [-0.1, -0.05) is 31.5 Å². The minimum Gasteiger partial charge on any atom is -0.503 e. The lowest BCUT2D eigenvalue weighted by molar-refractivity contribution is 0.365. The number of rotatable bonds is 8. The first-order valence-electron chi connectivity index (χ1n) is 9.86. The number of aromatic amines is 1. The second kappa shape index (κ2) is 7.84. The van der Waals surface area contributed by atoms with Crippen molar-refractivity contribution in [2.45, 2.75) is 45.7 Å². The van der Waals surface area contributed by atoms with E-state index in [1.807, 2.05) is 45.8 Å². The summed E-state index contributed by atoms with van der Waals surface area (Å²) >= 11 is 0. The zero-order valence-electron chi connectivity index (χ0n) is 16.1. The SMILES string of the molecule is CCCCc1c(-c2c[nH]c3ccccc23)c(O)c(O)n1CCCn1ccnc1. The van der Waals surface area contributed by atoms with Crippen LogP contribution < -0.4 is 0 Å². The fraction of sp³-hybridized carbons (Fsp3) is 0.318. The van der Waals surface area contributed by atoms with Crippen molar-refractivity contribution >= 4 is 10.9 Å². The Morgan fingerprint density at radius 1 is 1.11 bits per heavy atom. The quantitative estimate of drug-likeness (QED) is 0.417. The van der Waals surface area contributed by atoms with Gasteiger partial charge in [-0.3, -0.25) is 0 Å². The van der Waals surface area contributed by atoms with E-state index in [-0.39, 0.29) is 11.6 Å². The highest BCUT2D eigenvalue weighted by atomic mass is 16.3. The van der Waals surface area contributed by atoms with Crippen LogP contribution in [0.2, 0.25) is 0 Å². The minimum absolute atomic E-state index is 0.0292. The standard InChI is InChI=1S/C22H26N4O2/c1-2-3-9-19-20(17-14-24-18-8-5-4-7-16(17)18)21(27)22(28)26(19)12-6-11-25-13-10-23-15-25/h4-5,7-8,10,13-15,24,27-28H,2-3,6,9,11-12H2,1H3. The van der Waals surface area contributed by atoms with Crippen LogP contribution in [-0.4, -0.2) is 29.3 Å². The lowest BCUT2D eigenvalue weighted by Crippen LogP contribution is -2.06. The summed E-state index contributed by atoms with van der Waals surface area (Å²) in [5.74, 6) is -0.0736. The average Bonchev–Trinajstić information content (AvgIpc) is 3.42. The Hall–Kier alpha value is -3.15. The van der Waals surface area contributed by atoms with E-state index in [2.05, 4.69) is 16.9 Å². The van der Waals surface area contributed by atoms with Crippen molar-refractivity contribution in [2.24, 2.45) is 0 Å². The molecule has 28 heavy (non-hydrogen) atoms. The summed E-state index contributed by atoms with van der Waals surface area (Å²) in [5.41, 5.74) is 3.69. The molecule has 3 N–H and O–H groups in total. The van der Waals surface area contributed by atoms with E-state index in [1.54, 1.807) is 12.5 Å². The molecule has 4 aromatic rings. The number of para-hydroxylation sites is 1. The summed E-state index contributed by atoms with van der Waals surface area (Å²) in [6.45, 7) is 3.60. The highest BCUT2D eigenvalue weighted by Crippen LogP contribution is 2.45. The molecular weight excluding hydrogens is 352 g/mol. The number of H-pyrrole nitrogens is 1. The highest BCUT2D eigenvalue weighted by Gasteiger charge is 2.24. The topological polar surface area (TPSA) is 79.0 Å². The summed E-state index contributed by atoms with van der Waals surface area (Å²) in [4.78, 5) is 7.34. The third-order valence-electron chi connectivity index (χ3n) is 5.30. The van der Waals surface area contributed by atoms with Crippen molar-refractivity contribution in [2.75, 3.05) is 0 Å². The van der Waals surface area contributed by atoms with Crippen LogP contribution in [0.15, 0.2) is 49.2 Å². The van der Waals surface area contributed by atoms with Crippen LogP contribution in [0.4, 0.5) is 0 Å². The van der Waals surface area contributed by atoms with Gasteiger partial charge in [0.25, 0.3) is 0 Å². The van der Waals surface area contributed by atoms with Crippen LogP contribution in [0, 0.1) is 0 Å². The van der Waals surface area contributed by atoms with Crippen molar-refractivity contribution in [1.29, 1.82) is 0 Å². The number of nitrogens with zero attached hydrogens (tertiary/aromatic N) is 3. The summed E-state index contributed by atoms with van der Waals surface area (Å²) in [6, 6.07) is 8.03. The number of hydrogen-bond acceptors (Lipinski definition) is 3. The highest BCUT2D eigenvalue weighted by molar-refractivity contribution is 5.98. The summed E-state index contributed by atoms with van der Waals surface area (Å²) in [5, 5.41) is 22.6. The number of imidazole rings is 1. The number of aromatic nitrogens is 4. The average molecular weight is 378 g/mol. The van der Waals surface area contributed by atoms with Gasteiger partial charge in [0.2, 0.25) is 5.88 Å². The second-order valence-electron chi connectivity index (χ2n) is 7.15. The van der Waals surface area contributed by atoms with Crippen LogP contribution in [0.25, 0.3) is 22.0 Å². The molecule has 4 rings (SSSR count). The predicted octanol–water partition coefficient (Wildman–Crippen LogP) is 4.68. The van der Waals surface area contributed by atoms with Crippen LogP contribution in [0.3, 0.4) is 0 Å². The molecule has 6 nitrogen and oxygen atoms in total. The number of fused-ring (bicyclic) bond motifs is 1. The Kier molecular flexibility index (Phi) is 5.10. The summed E-state index contributed by atoms with van der Waals surface area (Å²) < 4.78 is 3.89. The molecule has 3 heterocycles. The van der Waals surface area contributed by atoms with Crippen LogP contribution >= 0.6 is 0 Å². The van der Waals surface area contributed by atoms with Gasteiger partial charge in [0.05, 0.1) is 11.9 Å². The van der Waals surface area contributed by atoms with Gasteiger partial charge in [0.15, 0.2) is 5.75 Å². The molecule has 6 heteroatoms. The van der Waals surface area contributed by atoms with Gasteiger partial charge in [0.1, 0.15) is 0 Å². The molecule has 1 aromatic carbocycles. The fourth-order valence-electron chi connectivity index (χ4n) is 3.88. The number of nitrogens with one attached hydrogen (secondary N) is 1. The van der Waals surface area contributed by atoms with Crippen molar-refractivity contribution in [3.05, 3.63) is 54.9 Å². The molecule has 146 valence electrons. The molecule has 0 atom stereocenters. The van der Waals surface area contributed by atoms with E-state index in [9.17, 15) is 10.2 Å². The molecule has 0 spiro atoms. The van der Waals surface area contributed by atoms with Gasteiger partial charge >= 0.3 is 0 Å².